The third-order valence-electron chi connectivity index (χ3n) is 15.4. The van der Waals surface area contributed by atoms with Crippen LogP contribution in [0.15, 0.2) is 18.2 Å². The molecule has 3 aromatic carbocycles. The molecule has 0 aliphatic carbocycles. The normalized spacial score (nSPS) is 30.5. The van der Waals surface area contributed by atoms with Gasteiger partial charge in [0.1, 0.15) is 18.6 Å². The van der Waals surface area contributed by atoms with Gasteiger partial charge in [-0.15, -0.1) is 23.5 Å². The zero-order chi connectivity index (χ0) is 48.2. The molecule has 9 aliphatic heterocycles. The van der Waals surface area contributed by atoms with Crippen molar-refractivity contribution in [3.8, 4) is 40.2 Å². The number of thioether (sulfide) groups is 2. The third kappa shape index (κ3) is 7.37. The van der Waals surface area contributed by atoms with E-state index in [0.717, 1.165) is 36.0 Å². The summed E-state index contributed by atoms with van der Waals surface area (Å²) in [6.07, 6.45) is 3.39. The molecule has 10 atom stereocenters. The van der Waals surface area contributed by atoms with E-state index in [0.29, 0.717) is 81.9 Å². The van der Waals surface area contributed by atoms with E-state index in [1.54, 1.807) is 23.9 Å². The quantitative estimate of drug-likeness (QED) is 0.112. The Morgan fingerprint density at radius 3 is 2.54 bits per heavy atom. The van der Waals surface area contributed by atoms with E-state index in [4.69, 9.17) is 33.2 Å². The fraction of sp³-hybridized carbons (Fsp3) is 0.551. The van der Waals surface area contributed by atoms with Gasteiger partial charge in [-0.3, -0.25) is 24.7 Å². The molecule has 12 rings (SSSR count). The van der Waals surface area contributed by atoms with Crippen LogP contribution in [-0.4, -0.2) is 126 Å². The molecule has 1 spiro atoms. The average Bonchev–Trinajstić information content (AvgIpc) is 4.04. The van der Waals surface area contributed by atoms with Crippen LogP contribution >= 0.6 is 23.5 Å². The number of phenols is 1. The summed E-state index contributed by atoms with van der Waals surface area (Å²) >= 11 is 3.23. The van der Waals surface area contributed by atoms with E-state index in [2.05, 4.69) is 20.9 Å². The number of unbranched alkanes of at least 4 members (excludes halogenated alkanes) is 1. The first kappa shape index (κ1) is 46.3. The predicted molar refractivity (Wildman–Crippen MR) is 252 cm³/mol. The number of aliphatic hydroxyl groups is 1. The van der Waals surface area contributed by atoms with Crippen molar-refractivity contribution < 1.29 is 62.5 Å². The Hall–Kier alpha value is -5.12. The third-order valence-corrected chi connectivity index (χ3v) is 18.5. The Labute approximate surface area is 407 Å². The van der Waals surface area contributed by atoms with Crippen LogP contribution in [0.3, 0.4) is 0 Å². The van der Waals surface area contributed by atoms with Crippen LogP contribution in [0.2, 0.25) is 0 Å². The SMILES string of the molecule is COc1cc2c(cc1OC(=O)CCCC[C@H]1CC3NC(=O)NC3S1)CCN[C@]21CS[C@@H]2c3c(OC(C)=O)c(C)c4c(c3[C@H](COC1=O)N1C2[C@H]2c3c(cc(C)c(OC)c3O)C[C@@H]([C@@H]1O)N2C)OCO4. The van der Waals surface area contributed by atoms with E-state index in [9.17, 15) is 24.6 Å². The molecule has 5 N–H and O–H groups in total. The number of hydrogen-bond acceptors (Lipinski definition) is 18. The lowest BCUT2D eigenvalue weighted by Gasteiger charge is -2.62. The smallest absolute Gasteiger partial charge is 0.331 e. The maximum atomic E-state index is 15.1. The molecule has 18 nitrogen and oxygen atoms in total. The fourth-order valence-corrected chi connectivity index (χ4v) is 15.7. The number of carbonyl (C=O) groups is 4. The molecule has 368 valence electrons. The largest absolute Gasteiger partial charge is 0.504 e. The Bertz CT molecular complexity index is 2650. The van der Waals surface area contributed by atoms with E-state index in [1.165, 1.54) is 32.9 Å². The highest BCUT2D eigenvalue weighted by Crippen LogP contribution is 2.64. The fourth-order valence-electron chi connectivity index (χ4n) is 12.4. The van der Waals surface area contributed by atoms with Crippen LogP contribution in [-0.2, 0) is 37.5 Å². The minimum absolute atomic E-state index is 0.0223. The number of amides is 2. The van der Waals surface area contributed by atoms with E-state index in [-0.39, 0.29) is 66.2 Å². The van der Waals surface area contributed by atoms with Gasteiger partial charge in [0.25, 0.3) is 0 Å². The molecule has 4 bridgehead atoms. The molecular formula is C49H57N5O13S2. The second-order valence-electron chi connectivity index (χ2n) is 19.3. The number of aliphatic hydroxyl groups excluding tert-OH is 1. The maximum absolute atomic E-state index is 15.1. The second-order valence-corrected chi connectivity index (χ2v) is 21.8. The first-order chi connectivity index (χ1) is 33.2. The van der Waals surface area contributed by atoms with Crippen molar-refractivity contribution in [3.63, 3.8) is 0 Å². The summed E-state index contributed by atoms with van der Waals surface area (Å²) in [7, 11) is 4.98. The average molecular weight is 988 g/mol. The number of rotatable bonds is 9. The van der Waals surface area contributed by atoms with Gasteiger partial charge in [-0.1, -0.05) is 12.5 Å². The van der Waals surface area contributed by atoms with E-state index in [1.807, 2.05) is 31.9 Å². The summed E-state index contributed by atoms with van der Waals surface area (Å²) in [5.74, 6) is 0.722. The molecule has 3 unspecified atom stereocenters. The number of phenolic OH excluding ortho intramolecular Hbond substituents is 1. The number of fused-ring (bicyclic) bond motifs is 10. The molecule has 20 heteroatoms. The van der Waals surface area contributed by atoms with Gasteiger partial charge >= 0.3 is 23.9 Å². The minimum Gasteiger partial charge on any atom is -0.504 e. The summed E-state index contributed by atoms with van der Waals surface area (Å²) in [4.78, 5) is 57.4. The number of carbonyl (C=O) groups excluding carboxylic acids is 4. The highest BCUT2D eigenvalue weighted by atomic mass is 32.2. The minimum atomic E-state index is -1.44. The van der Waals surface area contributed by atoms with Gasteiger partial charge in [-0.05, 0) is 87.4 Å². The Balaban J connectivity index is 0.961. The highest BCUT2D eigenvalue weighted by molar-refractivity contribution is 8.00. The lowest BCUT2D eigenvalue weighted by atomic mass is 9.73. The van der Waals surface area contributed by atoms with Gasteiger partial charge in [0.2, 0.25) is 6.79 Å². The topological polar surface area (TPSA) is 216 Å². The van der Waals surface area contributed by atoms with Crippen LogP contribution in [0.25, 0.3) is 0 Å². The van der Waals surface area contributed by atoms with Crippen molar-refractivity contribution in [2.24, 2.45) is 0 Å². The van der Waals surface area contributed by atoms with Gasteiger partial charge in [0.15, 0.2) is 40.0 Å². The van der Waals surface area contributed by atoms with E-state index < -0.39 is 53.1 Å². The lowest BCUT2D eigenvalue weighted by molar-refractivity contribution is -0.186. The number of ether oxygens (including phenoxy) is 7. The van der Waals surface area contributed by atoms with Crippen LogP contribution in [0.4, 0.5) is 4.79 Å². The molecule has 4 fully saturated rings. The van der Waals surface area contributed by atoms with Crippen molar-refractivity contribution in [2.45, 2.75) is 124 Å². The number of hydrogen-bond donors (Lipinski definition) is 5. The summed E-state index contributed by atoms with van der Waals surface area (Å²) in [5, 5.41) is 34.2. The number of nitrogens with zero attached hydrogens (tertiary/aromatic N) is 2. The molecule has 0 radical (unpaired) electrons. The van der Waals surface area contributed by atoms with Gasteiger partial charge in [-0.2, -0.15) is 0 Å². The standard InChI is InChI=1S/C49H57N5O13S2/c1-21-13-25-14-29-46(58)54-30-18-63-47(59)49(27-17-31(61-5)32(15-24(27)11-12-50-49)67-33(56)10-8-7-9-26-16-28-45(69-26)52-48(60)51-28)19-68-44(38(54)37(53(29)4)34(25)39(57)40(21)62-6)36-35(30)43-42(64-20-65-43)22(2)41(36)66-23(3)55/h13,15,17,26,28-30,37-38,44-46,50,57-58H,7-12,14,16,18-20H2,1-6H3,(H2,51,52,60)/t26-,28?,29-,30-,37+,38?,44+,45?,46-,49+/m0/s1. The first-order valence-corrected chi connectivity index (χ1v) is 25.6. The number of nitrogens with one attached hydrogen (secondary N) is 3. The zero-order valence-corrected chi connectivity index (χ0v) is 40.9. The molecule has 9 aliphatic rings. The lowest BCUT2D eigenvalue weighted by Crippen LogP contribution is -2.70. The number of esters is 3. The number of aryl methyl sites for hydroxylation is 1. The molecule has 2 amide bonds. The summed E-state index contributed by atoms with van der Waals surface area (Å²) in [5.41, 5.74) is 4.14. The van der Waals surface area contributed by atoms with E-state index >= 15 is 4.79 Å². The van der Waals surface area contributed by atoms with Crippen molar-refractivity contribution >= 4 is 47.5 Å². The number of urea groups is 1. The van der Waals surface area contributed by atoms with Crippen LogP contribution in [0, 0.1) is 13.8 Å². The molecule has 0 saturated carbocycles. The van der Waals surface area contributed by atoms with Gasteiger partial charge in [-0.25, -0.2) is 9.59 Å². The van der Waals surface area contributed by atoms with Crippen LogP contribution in [0.5, 0.6) is 40.2 Å². The molecule has 69 heavy (non-hydrogen) atoms. The van der Waals surface area contributed by atoms with Crippen molar-refractivity contribution in [1.29, 1.82) is 0 Å². The zero-order valence-electron chi connectivity index (χ0n) is 39.3. The maximum Gasteiger partial charge on any atom is 0.331 e. The number of methoxy groups -OCH3 is 2. The molecule has 4 saturated heterocycles. The Morgan fingerprint density at radius 1 is 0.957 bits per heavy atom. The number of likely N-dealkylation sites (N-methyl/N-ethyl adjacent to an activating group) is 1. The number of aromatic hydroxyl groups is 1. The number of piperazine rings is 1. The predicted octanol–water partition coefficient (Wildman–Crippen LogP) is 4.69. The van der Waals surface area contributed by atoms with Crippen LogP contribution in [0.1, 0.15) is 101 Å². The summed E-state index contributed by atoms with van der Waals surface area (Å²) in [6.45, 7) is 5.15. The summed E-state index contributed by atoms with van der Waals surface area (Å²) < 4.78 is 42.7. The van der Waals surface area contributed by atoms with Gasteiger partial charge < -0.3 is 54.0 Å². The van der Waals surface area contributed by atoms with Crippen LogP contribution < -0.4 is 44.4 Å². The van der Waals surface area contributed by atoms with Gasteiger partial charge in [0, 0.05) is 59.2 Å². The second kappa shape index (κ2) is 17.6. The monoisotopic (exact) mass is 987 g/mol. The first-order valence-electron chi connectivity index (χ1n) is 23.6. The number of benzene rings is 3. The molecule has 9 heterocycles. The molecule has 0 aromatic heterocycles. The summed E-state index contributed by atoms with van der Waals surface area (Å²) in [6, 6.07) is 3.21. The van der Waals surface area contributed by atoms with Crippen molar-refractivity contribution in [2.75, 3.05) is 47.0 Å². The Kier molecular flexibility index (Phi) is 11.8. The Morgan fingerprint density at radius 2 is 1.77 bits per heavy atom. The van der Waals surface area contributed by atoms with Crippen molar-refractivity contribution in [3.05, 3.63) is 62.7 Å². The highest BCUT2D eigenvalue weighted by Gasteiger charge is 2.61. The molecular weight excluding hydrogens is 931 g/mol. The molecule has 3 aromatic rings. The van der Waals surface area contributed by atoms with Crippen molar-refractivity contribution in [1.82, 2.24) is 25.8 Å². The van der Waals surface area contributed by atoms with Gasteiger partial charge in [0.05, 0.1) is 49.0 Å².